The Labute approximate surface area is 189 Å². The molecule has 0 heterocycles. The van der Waals surface area contributed by atoms with Gasteiger partial charge in [0.25, 0.3) is 0 Å². The monoisotopic (exact) mass is 512 g/mol. The van der Waals surface area contributed by atoms with Gasteiger partial charge in [0.05, 0.1) is 6.61 Å². The molecule has 0 aliphatic rings. The number of hydrogen-bond donors (Lipinski definition) is 3. The van der Waals surface area contributed by atoms with E-state index in [1.807, 2.05) is 48.5 Å². The second kappa shape index (κ2) is 13.8. The number of amides is 1. The van der Waals surface area contributed by atoms with E-state index in [0.29, 0.717) is 25.7 Å². The molecule has 2 aromatic carbocycles. The van der Waals surface area contributed by atoms with Crippen molar-refractivity contribution in [2.24, 2.45) is 4.99 Å². The van der Waals surface area contributed by atoms with Crippen molar-refractivity contribution in [3.05, 3.63) is 54.1 Å². The Morgan fingerprint density at radius 3 is 2.45 bits per heavy atom. The third-order valence-corrected chi connectivity index (χ3v) is 3.79. The van der Waals surface area contributed by atoms with Gasteiger partial charge >= 0.3 is 0 Å². The zero-order chi connectivity index (χ0) is 20.2. The van der Waals surface area contributed by atoms with Crippen molar-refractivity contribution in [1.29, 1.82) is 0 Å². The number of benzene rings is 2. The second-order valence-corrected chi connectivity index (χ2v) is 6.15. The molecule has 8 heteroatoms. The largest absolute Gasteiger partial charge is 0.493 e. The van der Waals surface area contributed by atoms with Crippen LogP contribution in [-0.2, 0) is 16.1 Å². The summed E-state index contributed by atoms with van der Waals surface area (Å²) in [4.78, 5) is 15.4. The van der Waals surface area contributed by atoms with Gasteiger partial charge in [0.15, 0.2) is 5.96 Å². The lowest BCUT2D eigenvalue weighted by Crippen LogP contribution is -2.30. The lowest BCUT2D eigenvalue weighted by molar-refractivity contribution is -0.114. The first kappa shape index (κ1) is 24.7. The second-order valence-electron chi connectivity index (χ2n) is 6.15. The maximum absolute atomic E-state index is 11.2. The Hall–Kier alpha value is -2.33. The van der Waals surface area contributed by atoms with Gasteiger partial charge in [-0.05, 0) is 29.8 Å². The molecule has 7 nitrogen and oxygen atoms in total. The third kappa shape index (κ3) is 9.62. The average Bonchev–Trinajstić information content (AvgIpc) is 2.68. The number of anilines is 2. The van der Waals surface area contributed by atoms with E-state index in [4.69, 9.17) is 9.47 Å². The standard InChI is InChI=1S/C21H28N4O3.HI/c1-16(26)24-18-8-4-7-17(13-18)15-23-21(22-2)25-19-9-5-10-20(14-19)28-12-6-11-27-3;/h4-5,7-10,13-14H,6,11-12,15H2,1-3H3,(H,24,26)(H2,22,23,25);1H. The highest BCUT2D eigenvalue weighted by Crippen LogP contribution is 2.17. The Morgan fingerprint density at radius 1 is 1.03 bits per heavy atom. The highest BCUT2D eigenvalue weighted by molar-refractivity contribution is 14.0. The van der Waals surface area contributed by atoms with Crippen molar-refractivity contribution < 1.29 is 14.3 Å². The number of nitrogens with one attached hydrogen (secondary N) is 3. The summed E-state index contributed by atoms with van der Waals surface area (Å²) in [6, 6.07) is 15.4. The number of guanidine groups is 1. The van der Waals surface area contributed by atoms with Gasteiger partial charge < -0.3 is 25.4 Å². The first-order valence-corrected chi connectivity index (χ1v) is 9.16. The van der Waals surface area contributed by atoms with Gasteiger partial charge in [0, 0.05) is 58.1 Å². The molecule has 0 fully saturated rings. The molecule has 2 aromatic rings. The molecule has 0 aromatic heterocycles. The van der Waals surface area contributed by atoms with E-state index < -0.39 is 0 Å². The van der Waals surface area contributed by atoms with Gasteiger partial charge in [-0.1, -0.05) is 18.2 Å². The van der Waals surface area contributed by atoms with E-state index in [9.17, 15) is 4.79 Å². The molecule has 1 amide bonds. The third-order valence-electron chi connectivity index (χ3n) is 3.79. The predicted molar refractivity (Wildman–Crippen MR) is 128 cm³/mol. The van der Waals surface area contributed by atoms with Gasteiger partial charge in [-0.15, -0.1) is 24.0 Å². The van der Waals surface area contributed by atoms with Crippen LogP contribution < -0.4 is 20.7 Å². The molecule has 29 heavy (non-hydrogen) atoms. The number of aliphatic imine (C=N–C) groups is 1. The summed E-state index contributed by atoms with van der Waals surface area (Å²) in [5.41, 5.74) is 2.68. The number of carbonyl (C=O) groups excluding carboxylic acids is 1. The molecule has 0 saturated heterocycles. The number of rotatable bonds is 9. The zero-order valence-electron chi connectivity index (χ0n) is 17.0. The van der Waals surface area contributed by atoms with Crippen molar-refractivity contribution in [3.63, 3.8) is 0 Å². The van der Waals surface area contributed by atoms with Gasteiger partial charge in [-0.2, -0.15) is 0 Å². The first-order valence-electron chi connectivity index (χ1n) is 9.16. The number of methoxy groups -OCH3 is 1. The fraction of sp³-hybridized carbons (Fsp3) is 0.333. The minimum absolute atomic E-state index is 0. The van der Waals surface area contributed by atoms with Crippen molar-refractivity contribution in [3.8, 4) is 5.75 Å². The van der Waals surface area contributed by atoms with Crippen molar-refractivity contribution in [2.45, 2.75) is 19.9 Å². The maximum Gasteiger partial charge on any atom is 0.221 e. The van der Waals surface area contributed by atoms with Crippen LogP contribution in [0.4, 0.5) is 11.4 Å². The normalized spacial score (nSPS) is 10.7. The molecule has 2 rings (SSSR count). The van der Waals surface area contributed by atoms with E-state index in [1.54, 1.807) is 14.2 Å². The van der Waals surface area contributed by atoms with Crippen molar-refractivity contribution in [2.75, 3.05) is 38.0 Å². The van der Waals surface area contributed by atoms with Crippen molar-refractivity contribution in [1.82, 2.24) is 5.32 Å². The number of ether oxygens (including phenoxy) is 2. The Bertz CT molecular complexity index is 799. The Balaban J connectivity index is 0.00000420. The van der Waals surface area contributed by atoms with Gasteiger partial charge in [-0.3, -0.25) is 9.79 Å². The van der Waals surface area contributed by atoms with E-state index in [1.165, 1.54) is 6.92 Å². The van der Waals surface area contributed by atoms with Crippen LogP contribution in [0.5, 0.6) is 5.75 Å². The molecule has 0 aliphatic carbocycles. The number of halogens is 1. The number of carbonyl (C=O) groups is 1. The number of nitrogens with zero attached hydrogens (tertiary/aromatic N) is 1. The van der Waals surface area contributed by atoms with Crippen LogP contribution in [0.2, 0.25) is 0 Å². The summed E-state index contributed by atoms with van der Waals surface area (Å²) < 4.78 is 10.7. The van der Waals surface area contributed by atoms with Crippen LogP contribution in [0.1, 0.15) is 18.9 Å². The summed E-state index contributed by atoms with van der Waals surface area (Å²) in [6.07, 6.45) is 0.842. The topological polar surface area (TPSA) is 84.0 Å². The predicted octanol–water partition coefficient (Wildman–Crippen LogP) is 3.87. The molecule has 0 atom stereocenters. The summed E-state index contributed by atoms with van der Waals surface area (Å²) in [5, 5.41) is 9.30. The Morgan fingerprint density at radius 2 is 1.76 bits per heavy atom. The number of hydrogen-bond acceptors (Lipinski definition) is 4. The lowest BCUT2D eigenvalue weighted by atomic mass is 10.2. The van der Waals surface area contributed by atoms with Crippen LogP contribution in [-0.4, -0.2) is 39.2 Å². The summed E-state index contributed by atoms with van der Waals surface area (Å²) in [7, 11) is 3.40. The molecule has 0 saturated carbocycles. The first-order chi connectivity index (χ1) is 13.6. The highest BCUT2D eigenvalue weighted by Gasteiger charge is 2.03. The molecule has 0 spiro atoms. The molecule has 0 radical (unpaired) electrons. The minimum atomic E-state index is -0.0908. The van der Waals surface area contributed by atoms with E-state index in [-0.39, 0.29) is 29.9 Å². The molecule has 0 bridgehead atoms. The van der Waals surface area contributed by atoms with Gasteiger partial charge in [0.1, 0.15) is 5.75 Å². The summed E-state index contributed by atoms with van der Waals surface area (Å²) in [6.45, 7) is 3.35. The van der Waals surface area contributed by atoms with Crippen LogP contribution in [0.15, 0.2) is 53.5 Å². The van der Waals surface area contributed by atoms with E-state index >= 15 is 0 Å². The zero-order valence-corrected chi connectivity index (χ0v) is 19.4. The quantitative estimate of drug-likeness (QED) is 0.206. The van der Waals surface area contributed by atoms with Crippen LogP contribution in [0.25, 0.3) is 0 Å². The molecular weight excluding hydrogens is 483 g/mol. The fourth-order valence-corrected chi connectivity index (χ4v) is 2.52. The molecule has 158 valence electrons. The lowest BCUT2D eigenvalue weighted by Gasteiger charge is -2.14. The summed E-state index contributed by atoms with van der Waals surface area (Å²) in [5.74, 6) is 1.34. The molecular formula is C21H29IN4O3. The average molecular weight is 512 g/mol. The van der Waals surface area contributed by atoms with E-state index in [2.05, 4.69) is 20.9 Å². The molecule has 3 N–H and O–H groups in total. The minimum Gasteiger partial charge on any atom is -0.493 e. The van der Waals surface area contributed by atoms with Crippen LogP contribution in [0, 0.1) is 0 Å². The smallest absolute Gasteiger partial charge is 0.221 e. The Kier molecular flexibility index (Phi) is 11.7. The fourth-order valence-electron chi connectivity index (χ4n) is 2.52. The summed E-state index contributed by atoms with van der Waals surface area (Å²) >= 11 is 0. The molecule has 0 aliphatic heterocycles. The maximum atomic E-state index is 11.2. The highest BCUT2D eigenvalue weighted by atomic mass is 127. The van der Waals surface area contributed by atoms with Crippen LogP contribution >= 0.6 is 24.0 Å². The SMILES string of the molecule is CN=C(NCc1cccc(NC(C)=O)c1)Nc1cccc(OCCCOC)c1.I. The van der Waals surface area contributed by atoms with Crippen LogP contribution in [0.3, 0.4) is 0 Å². The molecule has 0 unspecified atom stereocenters. The van der Waals surface area contributed by atoms with Crippen molar-refractivity contribution >= 4 is 47.2 Å². The van der Waals surface area contributed by atoms with Gasteiger partial charge in [-0.25, -0.2) is 0 Å². The van der Waals surface area contributed by atoms with E-state index in [0.717, 1.165) is 29.1 Å². The van der Waals surface area contributed by atoms with Gasteiger partial charge in [0.2, 0.25) is 5.91 Å².